The Bertz CT molecular complexity index is 303. The topological polar surface area (TPSA) is 38.2 Å². The minimum atomic E-state index is 0.300. The van der Waals surface area contributed by atoms with Gasteiger partial charge in [0.15, 0.2) is 0 Å². The van der Waals surface area contributed by atoms with Crippen LogP contribution in [0.2, 0.25) is 5.02 Å². The minimum Gasteiger partial charge on any atom is -0.380 e. The highest BCUT2D eigenvalue weighted by Crippen LogP contribution is 2.17. The van der Waals surface area contributed by atoms with Crippen LogP contribution in [-0.2, 0) is 4.74 Å². The number of hydrogen-bond acceptors (Lipinski definition) is 4. The molecule has 0 spiro atoms. The lowest BCUT2D eigenvalue weighted by Gasteiger charge is -2.15. The molecule has 76 valence electrons. The zero-order valence-electron chi connectivity index (χ0n) is 7.98. The molecule has 0 N–H and O–H groups in total. The fraction of sp³-hybridized carbons (Fsp3) is 0.556. The second-order valence-electron chi connectivity index (χ2n) is 3.29. The summed E-state index contributed by atoms with van der Waals surface area (Å²) >= 11 is 5.71. The van der Waals surface area contributed by atoms with Crippen LogP contribution in [0.5, 0.6) is 0 Å². The van der Waals surface area contributed by atoms with Gasteiger partial charge in [-0.05, 0) is 6.42 Å². The molecule has 0 aliphatic carbocycles. The van der Waals surface area contributed by atoms with Crippen molar-refractivity contribution in [1.82, 2.24) is 9.97 Å². The van der Waals surface area contributed by atoms with Crippen LogP contribution in [0.25, 0.3) is 0 Å². The van der Waals surface area contributed by atoms with Gasteiger partial charge in [0.1, 0.15) is 0 Å². The highest BCUT2D eigenvalue weighted by atomic mass is 35.5. The normalized spacial score (nSPS) is 21.6. The van der Waals surface area contributed by atoms with Gasteiger partial charge in [0.25, 0.3) is 0 Å². The average molecular weight is 214 g/mol. The van der Waals surface area contributed by atoms with Crippen molar-refractivity contribution in [3.8, 4) is 0 Å². The summed E-state index contributed by atoms with van der Waals surface area (Å²) in [4.78, 5) is 10.4. The van der Waals surface area contributed by atoms with Crippen molar-refractivity contribution in [2.45, 2.75) is 12.5 Å². The third kappa shape index (κ3) is 1.96. The lowest BCUT2D eigenvalue weighted by Crippen LogP contribution is -2.23. The quantitative estimate of drug-likeness (QED) is 0.744. The van der Waals surface area contributed by atoms with E-state index in [1.807, 2.05) is 0 Å². The zero-order chi connectivity index (χ0) is 9.97. The maximum atomic E-state index is 5.71. The van der Waals surface area contributed by atoms with Crippen LogP contribution >= 0.6 is 11.6 Å². The van der Waals surface area contributed by atoms with Crippen molar-refractivity contribution in [2.24, 2.45) is 0 Å². The Morgan fingerprint density at radius 1 is 1.50 bits per heavy atom. The van der Waals surface area contributed by atoms with Gasteiger partial charge < -0.3 is 9.64 Å². The number of methoxy groups -OCH3 is 1. The monoisotopic (exact) mass is 213 g/mol. The predicted molar refractivity (Wildman–Crippen MR) is 54.7 cm³/mol. The van der Waals surface area contributed by atoms with Crippen molar-refractivity contribution >= 4 is 17.5 Å². The summed E-state index contributed by atoms with van der Waals surface area (Å²) in [6.45, 7) is 1.80. The minimum absolute atomic E-state index is 0.300. The van der Waals surface area contributed by atoms with Crippen molar-refractivity contribution in [3.63, 3.8) is 0 Å². The molecule has 14 heavy (non-hydrogen) atoms. The number of nitrogens with zero attached hydrogens (tertiary/aromatic N) is 3. The van der Waals surface area contributed by atoms with Crippen LogP contribution < -0.4 is 4.90 Å². The Hall–Kier alpha value is -0.870. The Labute approximate surface area is 87.9 Å². The maximum absolute atomic E-state index is 5.71. The van der Waals surface area contributed by atoms with Crippen molar-refractivity contribution in [2.75, 3.05) is 25.1 Å². The summed E-state index contributed by atoms with van der Waals surface area (Å²) in [5.41, 5.74) is 0. The molecule has 5 heteroatoms. The Balaban J connectivity index is 2.06. The summed E-state index contributed by atoms with van der Waals surface area (Å²) in [6, 6.07) is 0. The van der Waals surface area contributed by atoms with Crippen LogP contribution in [0, 0.1) is 0 Å². The van der Waals surface area contributed by atoms with Crippen molar-refractivity contribution < 1.29 is 4.74 Å². The van der Waals surface area contributed by atoms with Crippen LogP contribution in [0.3, 0.4) is 0 Å². The number of ether oxygens (including phenoxy) is 1. The molecule has 2 rings (SSSR count). The van der Waals surface area contributed by atoms with E-state index < -0.39 is 0 Å². The summed E-state index contributed by atoms with van der Waals surface area (Å²) in [6.07, 6.45) is 4.56. The van der Waals surface area contributed by atoms with Gasteiger partial charge in [-0.15, -0.1) is 0 Å². The molecule has 1 aliphatic heterocycles. The second-order valence-corrected chi connectivity index (χ2v) is 3.73. The fourth-order valence-corrected chi connectivity index (χ4v) is 1.67. The van der Waals surface area contributed by atoms with Crippen LogP contribution in [0.4, 0.5) is 5.95 Å². The summed E-state index contributed by atoms with van der Waals surface area (Å²) < 4.78 is 5.26. The molecule has 0 bridgehead atoms. The van der Waals surface area contributed by atoms with Crippen LogP contribution in [0.1, 0.15) is 6.42 Å². The second kappa shape index (κ2) is 4.11. The van der Waals surface area contributed by atoms with E-state index in [2.05, 4.69) is 14.9 Å². The third-order valence-corrected chi connectivity index (χ3v) is 2.56. The molecule has 0 amide bonds. The van der Waals surface area contributed by atoms with E-state index in [9.17, 15) is 0 Å². The standard InChI is InChI=1S/C9H12ClN3O/c1-14-8-2-3-13(6-8)9-11-4-7(10)5-12-9/h4-5,8H,2-3,6H2,1H3. The molecule has 1 aromatic heterocycles. The smallest absolute Gasteiger partial charge is 0.225 e. The van der Waals surface area contributed by atoms with Gasteiger partial charge in [0, 0.05) is 20.2 Å². The molecule has 0 aromatic carbocycles. The van der Waals surface area contributed by atoms with Crippen LogP contribution in [-0.4, -0.2) is 36.3 Å². The first kappa shape index (κ1) is 9.68. The van der Waals surface area contributed by atoms with Gasteiger partial charge in [-0.3, -0.25) is 0 Å². The first-order chi connectivity index (χ1) is 6.79. The number of hydrogen-bond donors (Lipinski definition) is 0. The molecule has 2 heterocycles. The number of halogens is 1. The Kier molecular flexibility index (Phi) is 2.84. The predicted octanol–water partition coefficient (Wildman–Crippen LogP) is 1.36. The zero-order valence-corrected chi connectivity index (χ0v) is 8.74. The van der Waals surface area contributed by atoms with E-state index >= 15 is 0 Å². The summed E-state index contributed by atoms with van der Waals surface area (Å²) in [5.74, 6) is 0.731. The molecule has 1 fully saturated rings. The highest BCUT2D eigenvalue weighted by molar-refractivity contribution is 6.30. The van der Waals surface area contributed by atoms with E-state index in [0.717, 1.165) is 25.5 Å². The van der Waals surface area contributed by atoms with Crippen molar-refractivity contribution in [3.05, 3.63) is 17.4 Å². The molecule has 0 saturated carbocycles. The highest BCUT2D eigenvalue weighted by Gasteiger charge is 2.23. The van der Waals surface area contributed by atoms with Gasteiger partial charge in [0.05, 0.1) is 23.5 Å². The van der Waals surface area contributed by atoms with Gasteiger partial charge in [-0.2, -0.15) is 0 Å². The molecule has 1 unspecified atom stereocenters. The molecule has 1 aliphatic rings. The van der Waals surface area contributed by atoms with Gasteiger partial charge >= 0.3 is 0 Å². The molecule has 1 atom stereocenters. The first-order valence-corrected chi connectivity index (χ1v) is 4.92. The Morgan fingerprint density at radius 2 is 2.21 bits per heavy atom. The molecular formula is C9H12ClN3O. The third-order valence-electron chi connectivity index (χ3n) is 2.37. The van der Waals surface area contributed by atoms with E-state index in [1.165, 1.54) is 0 Å². The number of aromatic nitrogens is 2. The Morgan fingerprint density at radius 3 is 2.79 bits per heavy atom. The first-order valence-electron chi connectivity index (χ1n) is 4.55. The largest absolute Gasteiger partial charge is 0.380 e. The van der Waals surface area contributed by atoms with E-state index in [1.54, 1.807) is 19.5 Å². The fourth-order valence-electron chi connectivity index (χ4n) is 1.57. The molecule has 0 radical (unpaired) electrons. The molecular weight excluding hydrogens is 202 g/mol. The lowest BCUT2D eigenvalue weighted by molar-refractivity contribution is 0.121. The van der Waals surface area contributed by atoms with Crippen LogP contribution in [0.15, 0.2) is 12.4 Å². The summed E-state index contributed by atoms with van der Waals surface area (Å²) in [7, 11) is 1.73. The number of anilines is 1. The maximum Gasteiger partial charge on any atom is 0.225 e. The van der Waals surface area contributed by atoms with Gasteiger partial charge in [-0.1, -0.05) is 11.6 Å². The average Bonchev–Trinajstić information content (AvgIpc) is 2.67. The molecule has 1 saturated heterocycles. The van der Waals surface area contributed by atoms with Crippen molar-refractivity contribution in [1.29, 1.82) is 0 Å². The van der Waals surface area contributed by atoms with E-state index in [-0.39, 0.29) is 0 Å². The number of rotatable bonds is 2. The molecule has 1 aromatic rings. The van der Waals surface area contributed by atoms with Gasteiger partial charge in [0.2, 0.25) is 5.95 Å². The SMILES string of the molecule is COC1CCN(c2ncc(Cl)cn2)C1. The summed E-state index contributed by atoms with van der Waals surface area (Å²) in [5, 5.41) is 0.566. The van der Waals surface area contributed by atoms with Gasteiger partial charge in [-0.25, -0.2) is 9.97 Å². The van der Waals surface area contributed by atoms with E-state index in [4.69, 9.17) is 16.3 Å². The lowest BCUT2D eigenvalue weighted by atomic mass is 10.3. The van der Waals surface area contributed by atoms with E-state index in [0.29, 0.717) is 11.1 Å². The molecule has 4 nitrogen and oxygen atoms in total.